The molecule has 7 heteroatoms. The number of ether oxygens (including phenoxy) is 1. The molecule has 0 aliphatic carbocycles. The topological polar surface area (TPSA) is 93.9 Å². The average molecular weight is 296 g/mol. The summed E-state index contributed by atoms with van der Waals surface area (Å²) in [6, 6.07) is 8.89. The number of hydrogen-bond donors (Lipinski definition) is 1. The predicted octanol–water partition coefficient (Wildman–Crippen LogP) is 3.48. The van der Waals surface area contributed by atoms with E-state index < -0.39 is 4.92 Å². The van der Waals surface area contributed by atoms with Crippen LogP contribution in [0.5, 0.6) is 11.6 Å². The van der Waals surface area contributed by atoms with Gasteiger partial charge in [0.25, 0.3) is 5.69 Å². The normalized spacial score (nSPS) is 10.4. The maximum Gasteiger partial charge on any atom is 0.290 e. The number of H-pyrrole nitrogens is 1. The highest BCUT2D eigenvalue weighted by Crippen LogP contribution is 2.26. The van der Waals surface area contributed by atoms with Crippen molar-refractivity contribution in [1.82, 2.24) is 15.0 Å². The highest BCUT2D eigenvalue weighted by Gasteiger charge is 2.12. The summed E-state index contributed by atoms with van der Waals surface area (Å²) in [5.41, 5.74) is 2.28. The number of benzene rings is 1. The summed E-state index contributed by atoms with van der Waals surface area (Å²) in [7, 11) is 0. The second kappa shape index (κ2) is 5.65. The van der Waals surface area contributed by atoms with Gasteiger partial charge in [0.2, 0.25) is 5.88 Å². The first-order valence-corrected chi connectivity index (χ1v) is 6.51. The molecule has 0 aliphatic rings. The van der Waals surface area contributed by atoms with Crippen molar-refractivity contribution in [3.63, 3.8) is 0 Å². The van der Waals surface area contributed by atoms with Gasteiger partial charge in [-0.15, -0.1) is 0 Å². The van der Waals surface area contributed by atoms with Crippen LogP contribution in [-0.4, -0.2) is 19.9 Å². The van der Waals surface area contributed by atoms with Crippen LogP contribution in [0.15, 0.2) is 49.1 Å². The third kappa shape index (κ3) is 2.78. The number of nitro groups is 1. The van der Waals surface area contributed by atoms with Crippen molar-refractivity contribution in [1.29, 1.82) is 0 Å². The molecule has 0 bridgehead atoms. The van der Waals surface area contributed by atoms with Crippen LogP contribution in [0.1, 0.15) is 5.56 Å². The molecule has 0 atom stereocenters. The lowest BCUT2D eigenvalue weighted by Crippen LogP contribution is -1.95. The largest absolute Gasteiger partial charge is 0.439 e. The molecule has 0 saturated heterocycles. The summed E-state index contributed by atoms with van der Waals surface area (Å²) in [5.74, 6) is 0.913. The van der Waals surface area contributed by atoms with Crippen LogP contribution in [0.4, 0.5) is 5.69 Å². The Kier molecular flexibility index (Phi) is 3.53. The number of nitrogens with one attached hydrogen (secondary N) is 1. The van der Waals surface area contributed by atoms with Gasteiger partial charge in [-0.05, 0) is 31.2 Å². The van der Waals surface area contributed by atoms with E-state index in [1.54, 1.807) is 37.6 Å². The Morgan fingerprint density at radius 3 is 2.59 bits per heavy atom. The molecule has 22 heavy (non-hydrogen) atoms. The first-order valence-electron chi connectivity index (χ1n) is 6.51. The molecule has 3 rings (SSSR count). The minimum absolute atomic E-state index is 0.0266. The number of rotatable bonds is 4. The van der Waals surface area contributed by atoms with Gasteiger partial charge in [0.15, 0.2) is 0 Å². The molecule has 7 nitrogen and oxygen atoms in total. The number of aromatic nitrogens is 3. The number of aromatic amines is 1. The second-order valence-electron chi connectivity index (χ2n) is 4.65. The van der Waals surface area contributed by atoms with Gasteiger partial charge in [-0.3, -0.25) is 10.1 Å². The number of aryl methyl sites for hydroxylation is 1. The standard InChI is InChI=1S/C15H12N4O3/c1-10-6-15(17-8-14(10)19(20)21)22-12-4-2-11(3-5-12)13-7-16-9-18-13/h2-9H,1H3,(H,16,18). The molecule has 0 fully saturated rings. The zero-order valence-corrected chi connectivity index (χ0v) is 11.7. The van der Waals surface area contributed by atoms with E-state index in [0.717, 1.165) is 11.3 Å². The van der Waals surface area contributed by atoms with Gasteiger partial charge in [0, 0.05) is 23.4 Å². The fourth-order valence-corrected chi connectivity index (χ4v) is 2.00. The molecule has 0 unspecified atom stereocenters. The first kappa shape index (κ1) is 13.7. The van der Waals surface area contributed by atoms with E-state index in [1.165, 1.54) is 6.20 Å². The molecule has 0 spiro atoms. The van der Waals surface area contributed by atoms with Crippen LogP contribution in [-0.2, 0) is 0 Å². The van der Waals surface area contributed by atoms with Crippen molar-refractivity contribution in [2.24, 2.45) is 0 Å². The van der Waals surface area contributed by atoms with Gasteiger partial charge >= 0.3 is 0 Å². The molecular weight excluding hydrogens is 284 g/mol. The highest BCUT2D eigenvalue weighted by molar-refractivity contribution is 5.59. The first-order chi connectivity index (χ1) is 10.6. The zero-order chi connectivity index (χ0) is 15.5. The van der Waals surface area contributed by atoms with E-state index in [0.29, 0.717) is 17.2 Å². The van der Waals surface area contributed by atoms with Crippen LogP contribution in [0.25, 0.3) is 11.3 Å². The van der Waals surface area contributed by atoms with Gasteiger partial charge in [0.1, 0.15) is 11.9 Å². The maximum absolute atomic E-state index is 10.8. The number of pyridine rings is 1. The predicted molar refractivity (Wildman–Crippen MR) is 79.7 cm³/mol. The fourth-order valence-electron chi connectivity index (χ4n) is 2.00. The lowest BCUT2D eigenvalue weighted by Gasteiger charge is -2.06. The molecule has 0 radical (unpaired) electrons. The Labute approximate surface area is 125 Å². The van der Waals surface area contributed by atoms with Crippen LogP contribution < -0.4 is 4.74 Å². The van der Waals surface area contributed by atoms with E-state index in [4.69, 9.17) is 4.74 Å². The van der Waals surface area contributed by atoms with Gasteiger partial charge in [0.05, 0.1) is 16.9 Å². The summed E-state index contributed by atoms with van der Waals surface area (Å²) in [5, 5.41) is 10.8. The van der Waals surface area contributed by atoms with Crippen molar-refractivity contribution < 1.29 is 9.66 Å². The second-order valence-corrected chi connectivity index (χ2v) is 4.65. The third-order valence-corrected chi connectivity index (χ3v) is 3.13. The highest BCUT2D eigenvalue weighted by atomic mass is 16.6. The Balaban J connectivity index is 1.79. The van der Waals surface area contributed by atoms with Crippen molar-refractivity contribution in [3.05, 3.63) is 64.7 Å². The molecule has 0 saturated carbocycles. The summed E-state index contributed by atoms with van der Waals surface area (Å²) in [4.78, 5) is 21.3. The van der Waals surface area contributed by atoms with E-state index in [9.17, 15) is 10.1 Å². The van der Waals surface area contributed by atoms with E-state index in [1.807, 2.05) is 12.1 Å². The van der Waals surface area contributed by atoms with E-state index in [-0.39, 0.29) is 5.69 Å². The molecule has 1 aromatic carbocycles. The van der Waals surface area contributed by atoms with E-state index in [2.05, 4.69) is 15.0 Å². The molecule has 0 amide bonds. The van der Waals surface area contributed by atoms with Crippen molar-refractivity contribution in [2.75, 3.05) is 0 Å². The van der Waals surface area contributed by atoms with Gasteiger partial charge in [-0.1, -0.05) is 0 Å². The summed E-state index contributed by atoms with van der Waals surface area (Å²) >= 11 is 0. The number of imidazole rings is 1. The van der Waals surface area contributed by atoms with Crippen LogP contribution >= 0.6 is 0 Å². The van der Waals surface area contributed by atoms with Gasteiger partial charge in [-0.25, -0.2) is 9.97 Å². The number of nitrogens with zero attached hydrogens (tertiary/aromatic N) is 3. The Hall–Kier alpha value is -3.22. The van der Waals surface area contributed by atoms with Crippen molar-refractivity contribution >= 4 is 5.69 Å². The smallest absolute Gasteiger partial charge is 0.290 e. The Morgan fingerprint density at radius 1 is 1.23 bits per heavy atom. The lowest BCUT2D eigenvalue weighted by molar-refractivity contribution is -0.385. The molecular formula is C15H12N4O3. The van der Waals surface area contributed by atoms with Crippen LogP contribution in [0, 0.1) is 17.0 Å². The van der Waals surface area contributed by atoms with Crippen molar-refractivity contribution in [2.45, 2.75) is 6.92 Å². The minimum Gasteiger partial charge on any atom is -0.439 e. The molecule has 2 heterocycles. The summed E-state index contributed by atoms with van der Waals surface area (Å²) in [6.07, 6.45) is 4.61. The van der Waals surface area contributed by atoms with E-state index >= 15 is 0 Å². The van der Waals surface area contributed by atoms with Crippen LogP contribution in [0.3, 0.4) is 0 Å². The van der Waals surface area contributed by atoms with Gasteiger partial charge < -0.3 is 9.72 Å². The zero-order valence-electron chi connectivity index (χ0n) is 11.7. The molecule has 0 aliphatic heterocycles. The summed E-state index contributed by atoms with van der Waals surface area (Å²) < 4.78 is 5.60. The maximum atomic E-state index is 10.8. The van der Waals surface area contributed by atoms with Crippen LogP contribution in [0.2, 0.25) is 0 Å². The Morgan fingerprint density at radius 2 is 2.00 bits per heavy atom. The SMILES string of the molecule is Cc1cc(Oc2ccc(-c3c[nH]cn3)cc2)ncc1[N+](=O)[O-]. The molecule has 2 aromatic heterocycles. The number of hydrogen-bond acceptors (Lipinski definition) is 5. The fraction of sp³-hybridized carbons (Fsp3) is 0.0667. The molecule has 1 N–H and O–H groups in total. The average Bonchev–Trinajstić information content (AvgIpc) is 3.02. The molecule has 110 valence electrons. The quantitative estimate of drug-likeness (QED) is 0.587. The third-order valence-electron chi connectivity index (χ3n) is 3.13. The monoisotopic (exact) mass is 296 g/mol. The van der Waals surface area contributed by atoms with Gasteiger partial charge in [-0.2, -0.15) is 0 Å². The van der Waals surface area contributed by atoms with Crippen molar-refractivity contribution in [3.8, 4) is 22.9 Å². The summed E-state index contributed by atoms with van der Waals surface area (Å²) in [6.45, 7) is 1.65. The molecule has 3 aromatic rings. The lowest BCUT2D eigenvalue weighted by atomic mass is 10.2. The Bertz CT molecular complexity index is 798. The minimum atomic E-state index is -0.467.